The second kappa shape index (κ2) is 4.75. The molecule has 0 aliphatic heterocycles. The van der Waals surface area contributed by atoms with Gasteiger partial charge in [0.05, 0.1) is 6.07 Å². The Morgan fingerprint density at radius 3 is 2.62 bits per heavy atom. The van der Waals surface area contributed by atoms with Gasteiger partial charge in [0.15, 0.2) is 0 Å². The molecule has 1 unspecified atom stereocenters. The third kappa shape index (κ3) is 2.80. The monoisotopic (exact) mass is 258 g/mol. The van der Waals surface area contributed by atoms with Gasteiger partial charge in [0, 0.05) is 21.5 Å². The summed E-state index contributed by atoms with van der Waals surface area (Å²) in [5, 5.41) is 16.1. The Hall–Kier alpha value is -0.370. The third-order valence-corrected chi connectivity index (χ3v) is 3.33. The first kappa shape index (κ1) is 10.7. The van der Waals surface area contributed by atoms with Gasteiger partial charge in [-0.25, -0.2) is 0 Å². The van der Waals surface area contributed by atoms with Crippen molar-refractivity contribution < 1.29 is 0 Å². The van der Waals surface area contributed by atoms with Gasteiger partial charge in [-0.2, -0.15) is 16.6 Å². The molecule has 4 heteroatoms. The van der Waals surface area contributed by atoms with E-state index in [-0.39, 0.29) is 6.04 Å². The maximum Gasteiger partial charge on any atom is 0.123 e. The predicted octanol–water partition coefficient (Wildman–Crippen LogP) is 3.07. The highest BCUT2D eigenvalue weighted by Crippen LogP contribution is 2.27. The summed E-state index contributed by atoms with van der Waals surface area (Å²) >= 11 is 5.02. The molecule has 1 rings (SSSR count). The summed E-state index contributed by atoms with van der Waals surface area (Å²) in [6.07, 6.45) is 0. The van der Waals surface area contributed by atoms with Crippen LogP contribution in [0.5, 0.6) is 0 Å². The number of hydrogen-bond donors (Lipinski definition) is 1. The van der Waals surface area contributed by atoms with Gasteiger partial charge >= 0.3 is 0 Å². The van der Waals surface area contributed by atoms with Crippen molar-refractivity contribution in [2.75, 3.05) is 0 Å². The molecule has 0 radical (unpaired) electrons. The second-order valence-corrected chi connectivity index (χ2v) is 4.66. The Balaban J connectivity index is 2.80. The van der Waals surface area contributed by atoms with E-state index < -0.39 is 0 Å². The van der Waals surface area contributed by atoms with Crippen LogP contribution in [0.1, 0.15) is 25.5 Å². The van der Waals surface area contributed by atoms with Gasteiger partial charge in [-0.1, -0.05) is 0 Å². The van der Waals surface area contributed by atoms with Gasteiger partial charge < -0.3 is 0 Å². The minimum Gasteiger partial charge on any atom is -0.296 e. The molecular weight excluding hydrogens is 248 g/mol. The number of nitriles is 1. The minimum atomic E-state index is -0.208. The second-order valence-electron chi connectivity index (χ2n) is 3.06. The Labute approximate surface area is 90.7 Å². The molecule has 0 aliphatic rings. The maximum absolute atomic E-state index is 8.94. The molecule has 0 saturated carbocycles. The van der Waals surface area contributed by atoms with Crippen LogP contribution >= 0.6 is 27.3 Å². The Bertz CT molecular complexity index is 314. The van der Waals surface area contributed by atoms with Crippen molar-refractivity contribution in [1.82, 2.24) is 5.32 Å². The Morgan fingerprint density at radius 2 is 2.23 bits per heavy atom. The normalized spacial score (nSPS) is 12.8. The standard InChI is InChI=1S/C9H11BrN2S/c1-6(2)12-9(3-11)7-4-13-5-8(7)10/h4-6,9,12H,1-2H3. The molecule has 0 bridgehead atoms. The van der Waals surface area contributed by atoms with Crippen molar-refractivity contribution in [1.29, 1.82) is 5.26 Å². The lowest BCUT2D eigenvalue weighted by Gasteiger charge is -2.13. The first-order valence-electron chi connectivity index (χ1n) is 4.02. The Morgan fingerprint density at radius 1 is 1.54 bits per heavy atom. The van der Waals surface area contributed by atoms with Crippen molar-refractivity contribution in [3.63, 3.8) is 0 Å². The first-order chi connectivity index (χ1) is 6.15. The van der Waals surface area contributed by atoms with Crippen LogP contribution in [0.3, 0.4) is 0 Å². The molecule has 0 fully saturated rings. The van der Waals surface area contributed by atoms with E-state index in [0.29, 0.717) is 6.04 Å². The number of hydrogen-bond acceptors (Lipinski definition) is 3. The highest BCUT2D eigenvalue weighted by molar-refractivity contribution is 9.10. The lowest BCUT2D eigenvalue weighted by molar-refractivity contribution is 0.546. The lowest BCUT2D eigenvalue weighted by Crippen LogP contribution is -2.26. The zero-order valence-corrected chi connectivity index (χ0v) is 9.95. The minimum absolute atomic E-state index is 0.208. The quantitative estimate of drug-likeness (QED) is 0.905. The molecule has 1 heterocycles. The average Bonchev–Trinajstić information content (AvgIpc) is 2.47. The molecule has 1 aromatic rings. The van der Waals surface area contributed by atoms with Crippen LogP contribution in [-0.2, 0) is 0 Å². The number of rotatable bonds is 3. The smallest absolute Gasteiger partial charge is 0.123 e. The molecule has 0 aromatic carbocycles. The fourth-order valence-corrected chi connectivity index (χ4v) is 2.58. The van der Waals surface area contributed by atoms with Gasteiger partial charge in [0.25, 0.3) is 0 Å². The van der Waals surface area contributed by atoms with Gasteiger partial charge in [0.1, 0.15) is 6.04 Å². The highest BCUT2D eigenvalue weighted by atomic mass is 79.9. The van der Waals surface area contributed by atoms with Crippen molar-refractivity contribution in [2.24, 2.45) is 0 Å². The molecule has 1 aromatic heterocycles. The van der Waals surface area contributed by atoms with E-state index >= 15 is 0 Å². The Kier molecular flexibility index (Phi) is 3.91. The third-order valence-electron chi connectivity index (χ3n) is 1.58. The van der Waals surface area contributed by atoms with Gasteiger partial charge in [0.2, 0.25) is 0 Å². The fraction of sp³-hybridized carbons (Fsp3) is 0.444. The SMILES string of the molecule is CC(C)NC(C#N)c1cscc1Br. The number of nitrogens with zero attached hydrogens (tertiary/aromatic N) is 1. The van der Waals surface area contributed by atoms with Crippen molar-refractivity contribution in [2.45, 2.75) is 25.9 Å². The topological polar surface area (TPSA) is 35.8 Å². The summed E-state index contributed by atoms with van der Waals surface area (Å²) < 4.78 is 1.01. The molecule has 1 N–H and O–H groups in total. The van der Waals surface area contributed by atoms with E-state index in [1.54, 1.807) is 11.3 Å². The van der Waals surface area contributed by atoms with E-state index in [4.69, 9.17) is 5.26 Å². The predicted molar refractivity (Wildman–Crippen MR) is 58.6 cm³/mol. The van der Waals surface area contributed by atoms with Gasteiger partial charge in [-0.15, -0.1) is 0 Å². The van der Waals surface area contributed by atoms with Crippen LogP contribution in [-0.4, -0.2) is 6.04 Å². The van der Waals surface area contributed by atoms with E-state index in [1.807, 2.05) is 24.6 Å². The van der Waals surface area contributed by atoms with Crippen molar-refractivity contribution in [3.05, 3.63) is 20.8 Å². The molecule has 13 heavy (non-hydrogen) atoms. The number of halogens is 1. The summed E-state index contributed by atoms with van der Waals surface area (Å²) in [5.41, 5.74) is 1.03. The average molecular weight is 259 g/mol. The van der Waals surface area contributed by atoms with Gasteiger partial charge in [-0.3, -0.25) is 5.32 Å². The summed E-state index contributed by atoms with van der Waals surface area (Å²) in [4.78, 5) is 0. The first-order valence-corrected chi connectivity index (χ1v) is 5.76. The molecular formula is C9H11BrN2S. The van der Waals surface area contributed by atoms with E-state index in [0.717, 1.165) is 10.0 Å². The molecule has 2 nitrogen and oxygen atoms in total. The highest BCUT2D eigenvalue weighted by Gasteiger charge is 2.14. The number of nitrogens with one attached hydrogen (secondary N) is 1. The fourth-order valence-electron chi connectivity index (χ4n) is 1.03. The zero-order chi connectivity index (χ0) is 9.84. The van der Waals surface area contributed by atoms with E-state index in [1.165, 1.54) is 0 Å². The summed E-state index contributed by atoms with van der Waals surface area (Å²) in [7, 11) is 0. The van der Waals surface area contributed by atoms with Crippen LogP contribution in [0.15, 0.2) is 15.2 Å². The largest absolute Gasteiger partial charge is 0.296 e. The van der Waals surface area contributed by atoms with Crippen molar-refractivity contribution in [3.8, 4) is 6.07 Å². The van der Waals surface area contributed by atoms with Crippen molar-refractivity contribution >= 4 is 27.3 Å². The van der Waals surface area contributed by atoms with E-state index in [9.17, 15) is 0 Å². The van der Waals surface area contributed by atoms with Crippen LogP contribution in [0.2, 0.25) is 0 Å². The molecule has 0 amide bonds. The summed E-state index contributed by atoms with van der Waals surface area (Å²) in [6, 6.07) is 2.35. The van der Waals surface area contributed by atoms with Crippen LogP contribution in [0, 0.1) is 11.3 Å². The molecule has 0 spiro atoms. The van der Waals surface area contributed by atoms with Gasteiger partial charge in [-0.05, 0) is 35.2 Å². The van der Waals surface area contributed by atoms with Crippen LogP contribution in [0.25, 0.3) is 0 Å². The summed E-state index contributed by atoms with van der Waals surface area (Å²) in [6.45, 7) is 4.06. The molecule has 70 valence electrons. The van der Waals surface area contributed by atoms with E-state index in [2.05, 4.69) is 27.3 Å². The number of thiophene rings is 1. The van der Waals surface area contributed by atoms with Crippen LogP contribution in [0.4, 0.5) is 0 Å². The summed E-state index contributed by atoms with van der Waals surface area (Å²) in [5.74, 6) is 0. The maximum atomic E-state index is 8.94. The molecule has 0 saturated heterocycles. The van der Waals surface area contributed by atoms with Crippen LogP contribution < -0.4 is 5.32 Å². The lowest BCUT2D eigenvalue weighted by atomic mass is 10.1. The zero-order valence-electron chi connectivity index (χ0n) is 7.54. The molecule has 1 atom stereocenters. The molecule has 0 aliphatic carbocycles.